The molecule has 2 aromatic heterocycles. The van der Waals surface area contributed by atoms with Crippen LogP contribution in [0.2, 0.25) is 5.02 Å². The van der Waals surface area contributed by atoms with Gasteiger partial charge in [-0.25, -0.2) is 9.48 Å². The topological polar surface area (TPSA) is 64.4 Å². The minimum atomic E-state index is -1.07. The Morgan fingerprint density at radius 1 is 1.36 bits per heavy atom. The molecule has 112 valence electrons. The number of thiophene rings is 1. The smallest absolute Gasteiger partial charge is 0.356 e. The Morgan fingerprint density at radius 2 is 2.18 bits per heavy atom. The predicted octanol–water partition coefficient (Wildman–Crippen LogP) is 3.96. The number of carboxylic acid groups (broad SMARTS) is 1. The number of rotatable bonds is 4. The van der Waals surface area contributed by atoms with E-state index in [9.17, 15) is 9.90 Å². The van der Waals surface area contributed by atoms with Crippen LogP contribution < -0.4 is 4.74 Å². The molecule has 0 saturated heterocycles. The lowest BCUT2D eigenvalue weighted by molar-refractivity contribution is 0.0690. The third-order valence-corrected chi connectivity index (χ3v) is 4.27. The van der Waals surface area contributed by atoms with Gasteiger partial charge in [0, 0.05) is 6.07 Å². The number of halogens is 1. The Kier molecular flexibility index (Phi) is 3.87. The van der Waals surface area contributed by atoms with Crippen molar-refractivity contribution < 1.29 is 14.6 Å². The molecule has 0 spiro atoms. The standard InChI is InChI=1S/C15H11ClN2O3S/c1-21-13-5-4-9(7-10(13)16)18-12(14-3-2-6-22-14)8-11(17-18)15(19)20/h2-8H,1H3,(H,19,20). The molecule has 0 fully saturated rings. The molecule has 0 amide bonds. The Labute approximate surface area is 135 Å². The monoisotopic (exact) mass is 334 g/mol. The summed E-state index contributed by atoms with van der Waals surface area (Å²) in [6, 6.07) is 10.6. The van der Waals surface area contributed by atoms with Gasteiger partial charge in [-0.3, -0.25) is 0 Å². The second-order valence-corrected chi connectivity index (χ2v) is 5.78. The SMILES string of the molecule is COc1ccc(-n2nc(C(=O)O)cc2-c2cccs2)cc1Cl. The molecule has 0 atom stereocenters. The van der Waals surface area contributed by atoms with Gasteiger partial charge in [-0.1, -0.05) is 17.7 Å². The molecule has 0 bridgehead atoms. The highest BCUT2D eigenvalue weighted by Gasteiger charge is 2.17. The molecule has 3 aromatic rings. The number of aromatic carboxylic acids is 1. The van der Waals surface area contributed by atoms with Gasteiger partial charge in [0.1, 0.15) is 5.75 Å². The first-order chi connectivity index (χ1) is 10.6. The largest absolute Gasteiger partial charge is 0.495 e. The van der Waals surface area contributed by atoms with E-state index in [1.165, 1.54) is 18.4 Å². The van der Waals surface area contributed by atoms with Crippen molar-refractivity contribution in [2.24, 2.45) is 0 Å². The zero-order valence-electron chi connectivity index (χ0n) is 11.5. The number of carboxylic acids is 1. The van der Waals surface area contributed by atoms with Crippen molar-refractivity contribution in [3.63, 3.8) is 0 Å². The van der Waals surface area contributed by atoms with Crippen molar-refractivity contribution in [2.75, 3.05) is 7.11 Å². The molecule has 0 aliphatic rings. The summed E-state index contributed by atoms with van der Waals surface area (Å²) in [6.07, 6.45) is 0. The Bertz CT molecular complexity index is 827. The molecule has 0 aliphatic carbocycles. The van der Waals surface area contributed by atoms with E-state index >= 15 is 0 Å². The maximum absolute atomic E-state index is 11.2. The Hall–Kier alpha value is -2.31. The number of methoxy groups -OCH3 is 1. The molecule has 1 N–H and O–H groups in total. The summed E-state index contributed by atoms with van der Waals surface area (Å²) in [7, 11) is 1.54. The van der Waals surface area contributed by atoms with E-state index in [-0.39, 0.29) is 5.69 Å². The van der Waals surface area contributed by atoms with Gasteiger partial charge in [0.15, 0.2) is 5.69 Å². The summed E-state index contributed by atoms with van der Waals surface area (Å²) in [5.41, 5.74) is 1.35. The van der Waals surface area contributed by atoms with E-state index in [1.807, 2.05) is 17.5 Å². The molecule has 0 radical (unpaired) electrons. The summed E-state index contributed by atoms with van der Waals surface area (Å²) < 4.78 is 6.70. The molecule has 3 rings (SSSR count). The van der Waals surface area contributed by atoms with Gasteiger partial charge in [0.2, 0.25) is 0 Å². The lowest BCUT2D eigenvalue weighted by atomic mass is 10.2. The van der Waals surface area contributed by atoms with E-state index in [1.54, 1.807) is 28.9 Å². The van der Waals surface area contributed by atoms with Gasteiger partial charge in [-0.05, 0) is 29.6 Å². The highest BCUT2D eigenvalue weighted by molar-refractivity contribution is 7.13. The first kappa shape index (κ1) is 14.6. The number of hydrogen-bond donors (Lipinski definition) is 1. The number of nitrogens with zero attached hydrogens (tertiary/aromatic N) is 2. The number of hydrogen-bond acceptors (Lipinski definition) is 4. The lowest BCUT2D eigenvalue weighted by Gasteiger charge is -2.08. The fourth-order valence-electron chi connectivity index (χ4n) is 2.07. The fourth-order valence-corrected chi connectivity index (χ4v) is 3.05. The minimum Gasteiger partial charge on any atom is -0.495 e. The molecule has 2 heterocycles. The van der Waals surface area contributed by atoms with Crippen LogP contribution in [0.4, 0.5) is 0 Å². The van der Waals surface area contributed by atoms with Crippen LogP contribution in [0, 0.1) is 0 Å². The summed E-state index contributed by atoms with van der Waals surface area (Å²) in [5, 5.41) is 15.7. The predicted molar refractivity (Wildman–Crippen MR) is 85.4 cm³/mol. The second kappa shape index (κ2) is 5.82. The minimum absolute atomic E-state index is 0.0182. The Morgan fingerprint density at radius 3 is 2.77 bits per heavy atom. The molecule has 0 unspecified atom stereocenters. The number of ether oxygens (including phenoxy) is 1. The van der Waals surface area contributed by atoms with Crippen molar-refractivity contribution >= 4 is 28.9 Å². The molecule has 22 heavy (non-hydrogen) atoms. The van der Waals surface area contributed by atoms with Crippen LogP contribution in [-0.4, -0.2) is 28.0 Å². The average molecular weight is 335 g/mol. The van der Waals surface area contributed by atoms with Crippen LogP contribution >= 0.6 is 22.9 Å². The van der Waals surface area contributed by atoms with E-state index in [4.69, 9.17) is 16.3 Å². The first-order valence-electron chi connectivity index (χ1n) is 6.31. The van der Waals surface area contributed by atoms with Crippen molar-refractivity contribution in [2.45, 2.75) is 0 Å². The molecule has 7 heteroatoms. The number of carbonyl (C=O) groups is 1. The first-order valence-corrected chi connectivity index (χ1v) is 7.57. The van der Waals surface area contributed by atoms with Crippen LogP contribution in [-0.2, 0) is 0 Å². The van der Waals surface area contributed by atoms with Crippen LogP contribution in [0.15, 0.2) is 41.8 Å². The van der Waals surface area contributed by atoms with Crippen molar-refractivity contribution in [1.82, 2.24) is 9.78 Å². The third-order valence-electron chi connectivity index (χ3n) is 3.08. The van der Waals surface area contributed by atoms with Crippen LogP contribution in [0.1, 0.15) is 10.5 Å². The zero-order valence-corrected chi connectivity index (χ0v) is 13.1. The lowest BCUT2D eigenvalue weighted by Crippen LogP contribution is -2.02. The van der Waals surface area contributed by atoms with Crippen LogP contribution in [0.25, 0.3) is 16.3 Å². The summed E-state index contributed by atoms with van der Waals surface area (Å²) in [4.78, 5) is 12.1. The number of benzene rings is 1. The fraction of sp³-hybridized carbons (Fsp3) is 0.0667. The van der Waals surface area contributed by atoms with Crippen LogP contribution in [0.3, 0.4) is 0 Å². The van der Waals surface area contributed by atoms with Gasteiger partial charge in [0.25, 0.3) is 0 Å². The summed E-state index contributed by atoms with van der Waals surface area (Å²) >= 11 is 7.66. The quantitative estimate of drug-likeness (QED) is 0.784. The molecular formula is C15H11ClN2O3S. The van der Waals surface area contributed by atoms with Crippen molar-refractivity contribution in [3.8, 4) is 22.0 Å². The van der Waals surface area contributed by atoms with E-state index < -0.39 is 5.97 Å². The van der Waals surface area contributed by atoms with Gasteiger partial charge in [-0.15, -0.1) is 11.3 Å². The van der Waals surface area contributed by atoms with Gasteiger partial charge in [-0.2, -0.15) is 5.10 Å². The highest BCUT2D eigenvalue weighted by Crippen LogP contribution is 2.31. The van der Waals surface area contributed by atoms with Gasteiger partial charge < -0.3 is 9.84 Å². The second-order valence-electron chi connectivity index (χ2n) is 4.43. The maximum Gasteiger partial charge on any atom is 0.356 e. The maximum atomic E-state index is 11.2. The molecule has 5 nitrogen and oxygen atoms in total. The highest BCUT2D eigenvalue weighted by atomic mass is 35.5. The molecular weight excluding hydrogens is 324 g/mol. The van der Waals surface area contributed by atoms with Gasteiger partial charge in [0.05, 0.1) is 28.4 Å². The Balaban J connectivity index is 2.17. The third kappa shape index (κ3) is 2.58. The van der Waals surface area contributed by atoms with E-state index in [2.05, 4.69) is 5.10 Å². The molecule has 0 saturated carbocycles. The molecule has 1 aromatic carbocycles. The van der Waals surface area contributed by atoms with Crippen LogP contribution in [0.5, 0.6) is 5.75 Å². The normalized spacial score (nSPS) is 10.6. The zero-order chi connectivity index (χ0) is 15.7. The van der Waals surface area contributed by atoms with Crippen molar-refractivity contribution in [3.05, 3.63) is 52.5 Å². The summed E-state index contributed by atoms with van der Waals surface area (Å²) in [5.74, 6) is -0.523. The molecule has 0 aliphatic heterocycles. The summed E-state index contributed by atoms with van der Waals surface area (Å²) in [6.45, 7) is 0. The average Bonchev–Trinajstić information content (AvgIpc) is 3.16. The van der Waals surface area contributed by atoms with E-state index in [0.29, 0.717) is 22.2 Å². The van der Waals surface area contributed by atoms with Gasteiger partial charge >= 0.3 is 5.97 Å². The van der Waals surface area contributed by atoms with E-state index in [0.717, 1.165) is 4.88 Å². The number of aromatic nitrogens is 2. The van der Waals surface area contributed by atoms with Crippen molar-refractivity contribution in [1.29, 1.82) is 0 Å².